The van der Waals surface area contributed by atoms with E-state index in [4.69, 9.17) is 4.99 Å². The van der Waals surface area contributed by atoms with Crippen LogP contribution in [0.5, 0.6) is 0 Å². The smallest absolute Gasteiger partial charge is 0.193 e. The van der Waals surface area contributed by atoms with Crippen LogP contribution in [0, 0.1) is 10.8 Å². The predicted molar refractivity (Wildman–Crippen MR) is 94.1 cm³/mol. The molecule has 0 aromatic rings. The van der Waals surface area contributed by atoms with Gasteiger partial charge in [-0.2, -0.15) is 0 Å². The van der Waals surface area contributed by atoms with Crippen molar-refractivity contribution in [3.05, 3.63) is 0 Å². The van der Waals surface area contributed by atoms with Crippen LogP contribution in [0.15, 0.2) is 4.99 Å². The Morgan fingerprint density at radius 2 is 2.00 bits per heavy atom. The van der Waals surface area contributed by atoms with Gasteiger partial charge in [0, 0.05) is 32.4 Å². The molecule has 0 radical (unpaired) electrons. The van der Waals surface area contributed by atoms with Crippen molar-refractivity contribution in [2.75, 3.05) is 38.2 Å². The van der Waals surface area contributed by atoms with Crippen LogP contribution in [0.1, 0.15) is 47.5 Å². The molecular formula is C16H33N3O2S. The Morgan fingerprint density at radius 1 is 1.36 bits per heavy atom. The zero-order valence-electron chi connectivity index (χ0n) is 15.1. The fraction of sp³-hybridized carbons (Fsp3) is 0.938. The average Bonchev–Trinajstić information content (AvgIpc) is 2.72. The maximum absolute atomic E-state index is 11.3. The van der Waals surface area contributed by atoms with Gasteiger partial charge in [-0.05, 0) is 30.6 Å². The molecule has 1 heterocycles. The largest absolute Gasteiger partial charge is 0.357 e. The Balaban J connectivity index is 2.69. The lowest BCUT2D eigenvalue weighted by molar-refractivity contribution is 0.353. The van der Waals surface area contributed by atoms with Gasteiger partial charge in [-0.3, -0.25) is 4.99 Å². The Hall–Kier alpha value is -0.780. The summed E-state index contributed by atoms with van der Waals surface area (Å²) in [5, 5.41) is 3.36. The van der Waals surface area contributed by atoms with Gasteiger partial charge < -0.3 is 10.2 Å². The van der Waals surface area contributed by atoms with E-state index in [1.54, 1.807) is 0 Å². The molecule has 22 heavy (non-hydrogen) atoms. The number of likely N-dealkylation sites (tertiary alicyclic amines) is 1. The van der Waals surface area contributed by atoms with Crippen LogP contribution in [0.25, 0.3) is 0 Å². The zero-order valence-corrected chi connectivity index (χ0v) is 15.9. The topological polar surface area (TPSA) is 61.8 Å². The van der Waals surface area contributed by atoms with Crippen molar-refractivity contribution in [2.45, 2.75) is 47.5 Å². The van der Waals surface area contributed by atoms with E-state index in [9.17, 15) is 8.42 Å². The van der Waals surface area contributed by atoms with Crippen molar-refractivity contribution in [1.82, 2.24) is 10.2 Å². The van der Waals surface area contributed by atoms with Crippen molar-refractivity contribution in [1.29, 1.82) is 0 Å². The first-order valence-electron chi connectivity index (χ1n) is 8.15. The number of hydrogen-bond acceptors (Lipinski definition) is 3. The van der Waals surface area contributed by atoms with Crippen LogP contribution in [-0.4, -0.2) is 57.5 Å². The van der Waals surface area contributed by atoms with Crippen molar-refractivity contribution < 1.29 is 8.42 Å². The molecule has 1 aliphatic rings. The summed E-state index contributed by atoms with van der Waals surface area (Å²) in [5.74, 6) is 1.18. The minimum atomic E-state index is -2.91. The van der Waals surface area contributed by atoms with Crippen molar-refractivity contribution in [3.63, 3.8) is 0 Å². The summed E-state index contributed by atoms with van der Waals surface area (Å²) in [6, 6.07) is 0. The van der Waals surface area contributed by atoms with E-state index < -0.39 is 9.84 Å². The average molecular weight is 332 g/mol. The second-order valence-electron chi connectivity index (χ2n) is 8.05. The highest BCUT2D eigenvalue weighted by molar-refractivity contribution is 7.90. The van der Waals surface area contributed by atoms with Gasteiger partial charge in [-0.15, -0.1) is 0 Å². The molecule has 6 heteroatoms. The van der Waals surface area contributed by atoms with Crippen LogP contribution in [-0.2, 0) is 9.84 Å². The second kappa shape index (κ2) is 7.20. The molecule has 1 rings (SSSR count). The number of hydrogen-bond donors (Lipinski definition) is 1. The molecule has 0 spiro atoms. The molecule has 5 nitrogen and oxygen atoms in total. The van der Waals surface area contributed by atoms with Gasteiger partial charge in [0.05, 0.1) is 5.75 Å². The zero-order chi connectivity index (χ0) is 17.0. The van der Waals surface area contributed by atoms with Crippen molar-refractivity contribution >= 4 is 15.8 Å². The van der Waals surface area contributed by atoms with E-state index in [2.05, 4.69) is 44.8 Å². The second-order valence-corrected chi connectivity index (χ2v) is 10.3. The highest BCUT2D eigenvalue weighted by Crippen LogP contribution is 2.29. The summed E-state index contributed by atoms with van der Waals surface area (Å²) in [4.78, 5) is 7.09. The molecule has 1 aliphatic heterocycles. The molecule has 0 aromatic carbocycles. The number of aliphatic imine (C=N–C) groups is 1. The standard InChI is InChI=1S/C16H33N3O2S/c1-7-17-14(19-10-8-16(4,5)13-19)18-12-15(2,3)9-11-22(6,20)21/h7-13H2,1-6H3,(H,17,18). The maximum Gasteiger partial charge on any atom is 0.193 e. The molecule has 0 atom stereocenters. The van der Waals surface area contributed by atoms with E-state index in [0.717, 1.165) is 25.6 Å². The lowest BCUT2D eigenvalue weighted by atomic mass is 9.90. The Labute approximate surface area is 136 Å². The third-order valence-electron chi connectivity index (χ3n) is 4.12. The van der Waals surface area contributed by atoms with Gasteiger partial charge in [0.1, 0.15) is 9.84 Å². The monoisotopic (exact) mass is 331 g/mol. The molecule has 1 fully saturated rings. The SMILES string of the molecule is CCNC(=NCC(C)(C)CCS(C)(=O)=O)N1CCC(C)(C)C1. The summed E-state index contributed by atoms with van der Waals surface area (Å²) in [5.41, 5.74) is 0.223. The molecule has 1 N–H and O–H groups in total. The quantitative estimate of drug-likeness (QED) is 0.598. The lowest BCUT2D eigenvalue weighted by Gasteiger charge is -2.26. The number of sulfone groups is 1. The number of nitrogens with zero attached hydrogens (tertiary/aromatic N) is 2. The molecule has 0 aromatic heterocycles. The van der Waals surface area contributed by atoms with Gasteiger partial charge in [0.25, 0.3) is 0 Å². The van der Waals surface area contributed by atoms with Gasteiger partial charge in [0.15, 0.2) is 5.96 Å². The first-order chi connectivity index (χ1) is 9.94. The Morgan fingerprint density at radius 3 is 2.45 bits per heavy atom. The molecule has 0 amide bonds. The van der Waals surface area contributed by atoms with Crippen LogP contribution >= 0.6 is 0 Å². The minimum Gasteiger partial charge on any atom is -0.357 e. The molecule has 1 saturated heterocycles. The normalized spacial score (nSPS) is 19.5. The van der Waals surface area contributed by atoms with Gasteiger partial charge >= 0.3 is 0 Å². The van der Waals surface area contributed by atoms with E-state index in [-0.39, 0.29) is 11.2 Å². The third kappa shape index (κ3) is 6.99. The van der Waals surface area contributed by atoms with E-state index >= 15 is 0 Å². The molecule has 0 aliphatic carbocycles. The van der Waals surface area contributed by atoms with Crippen LogP contribution in [0.2, 0.25) is 0 Å². The molecule has 0 bridgehead atoms. The molecular weight excluding hydrogens is 298 g/mol. The predicted octanol–water partition coefficient (Wildman–Crippen LogP) is 2.14. The Kier molecular flexibility index (Phi) is 6.30. The summed E-state index contributed by atoms with van der Waals surface area (Å²) < 4.78 is 22.7. The molecule has 130 valence electrons. The Bertz CT molecular complexity index is 496. The van der Waals surface area contributed by atoms with Crippen molar-refractivity contribution in [3.8, 4) is 0 Å². The maximum atomic E-state index is 11.3. The summed E-state index contributed by atoms with van der Waals surface area (Å²) in [7, 11) is -2.91. The third-order valence-corrected chi connectivity index (χ3v) is 5.06. The van der Waals surface area contributed by atoms with E-state index in [1.807, 2.05) is 0 Å². The summed E-state index contributed by atoms with van der Waals surface area (Å²) in [6.07, 6.45) is 3.11. The first-order valence-corrected chi connectivity index (χ1v) is 10.2. The van der Waals surface area contributed by atoms with E-state index in [1.165, 1.54) is 12.7 Å². The lowest BCUT2D eigenvalue weighted by Crippen LogP contribution is -2.41. The number of rotatable bonds is 6. The highest BCUT2D eigenvalue weighted by atomic mass is 32.2. The van der Waals surface area contributed by atoms with Gasteiger partial charge in [-0.25, -0.2) is 8.42 Å². The van der Waals surface area contributed by atoms with Crippen molar-refractivity contribution in [2.24, 2.45) is 15.8 Å². The van der Waals surface area contributed by atoms with E-state index in [0.29, 0.717) is 18.4 Å². The first kappa shape index (κ1) is 19.3. The van der Waals surface area contributed by atoms with Gasteiger partial charge in [-0.1, -0.05) is 27.7 Å². The van der Waals surface area contributed by atoms with Crippen LogP contribution in [0.4, 0.5) is 0 Å². The number of guanidine groups is 1. The van der Waals surface area contributed by atoms with Crippen LogP contribution in [0.3, 0.4) is 0 Å². The fourth-order valence-electron chi connectivity index (χ4n) is 2.55. The number of nitrogens with one attached hydrogen (secondary N) is 1. The molecule has 0 saturated carbocycles. The summed E-state index contributed by atoms with van der Waals surface area (Å²) in [6.45, 7) is 14.3. The van der Waals surface area contributed by atoms with Crippen LogP contribution < -0.4 is 5.32 Å². The van der Waals surface area contributed by atoms with Gasteiger partial charge in [0.2, 0.25) is 0 Å². The summed E-state index contributed by atoms with van der Waals surface area (Å²) >= 11 is 0. The highest BCUT2D eigenvalue weighted by Gasteiger charge is 2.31. The fourth-order valence-corrected chi connectivity index (χ4v) is 3.47. The molecule has 0 unspecified atom stereocenters. The minimum absolute atomic E-state index is 0.112.